The summed E-state index contributed by atoms with van der Waals surface area (Å²) in [7, 11) is 0. The zero-order valence-electron chi connectivity index (χ0n) is 6.20. The molecule has 0 saturated heterocycles. The Morgan fingerprint density at radius 3 is 3.00 bits per heavy atom. The lowest BCUT2D eigenvalue weighted by Gasteiger charge is -1.93. The Morgan fingerprint density at radius 1 is 1.45 bits per heavy atom. The Hall–Kier alpha value is -0.630. The molecule has 1 aromatic heterocycles. The summed E-state index contributed by atoms with van der Waals surface area (Å²) < 4.78 is 0. The second-order valence-corrected chi connectivity index (χ2v) is 2.75. The third kappa shape index (κ3) is 3.33. The van der Waals surface area contributed by atoms with Crippen LogP contribution in [0.3, 0.4) is 0 Å². The standard InChI is InChI=1S/C9H10BrN/c10-7-3-1-5-9-6-2-4-8-11-9/h2-4,6-8H,1,5H2. The van der Waals surface area contributed by atoms with Crippen molar-refractivity contribution in [2.45, 2.75) is 12.8 Å². The first-order valence-corrected chi connectivity index (χ1v) is 4.50. The summed E-state index contributed by atoms with van der Waals surface area (Å²) in [5.74, 6) is 0. The van der Waals surface area contributed by atoms with Gasteiger partial charge >= 0.3 is 0 Å². The molecule has 0 bridgehead atoms. The van der Waals surface area contributed by atoms with E-state index in [1.54, 1.807) is 0 Å². The predicted octanol–water partition coefficient (Wildman–Crippen LogP) is 2.92. The second kappa shape index (κ2) is 5.08. The first-order valence-electron chi connectivity index (χ1n) is 3.58. The van der Waals surface area contributed by atoms with E-state index in [1.807, 2.05) is 29.4 Å². The first-order chi connectivity index (χ1) is 5.43. The summed E-state index contributed by atoms with van der Waals surface area (Å²) in [5, 5.41) is 0. The molecule has 11 heavy (non-hydrogen) atoms. The van der Waals surface area contributed by atoms with E-state index in [1.165, 1.54) is 0 Å². The predicted molar refractivity (Wildman–Crippen MR) is 50.6 cm³/mol. The van der Waals surface area contributed by atoms with Crippen LogP contribution in [0.5, 0.6) is 0 Å². The van der Waals surface area contributed by atoms with Gasteiger partial charge in [0.2, 0.25) is 0 Å². The minimum Gasteiger partial charge on any atom is -0.261 e. The van der Waals surface area contributed by atoms with Gasteiger partial charge in [-0.25, -0.2) is 0 Å². The molecule has 58 valence electrons. The van der Waals surface area contributed by atoms with Gasteiger partial charge in [0.05, 0.1) is 0 Å². The summed E-state index contributed by atoms with van der Waals surface area (Å²) >= 11 is 3.22. The molecular formula is C9H10BrN. The Labute approximate surface area is 75.3 Å². The maximum atomic E-state index is 4.20. The van der Waals surface area contributed by atoms with Crippen molar-refractivity contribution in [1.29, 1.82) is 0 Å². The number of nitrogens with zero attached hydrogens (tertiary/aromatic N) is 1. The molecule has 0 aliphatic carbocycles. The molecule has 0 N–H and O–H groups in total. The fourth-order valence-electron chi connectivity index (χ4n) is 0.840. The molecular weight excluding hydrogens is 202 g/mol. The van der Waals surface area contributed by atoms with Crippen molar-refractivity contribution in [3.05, 3.63) is 41.2 Å². The minimum atomic E-state index is 1.02. The van der Waals surface area contributed by atoms with Gasteiger partial charge in [0.15, 0.2) is 0 Å². The summed E-state index contributed by atoms with van der Waals surface area (Å²) in [4.78, 5) is 6.09. The molecule has 0 atom stereocenters. The zero-order chi connectivity index (χ0) is 7.94. The molecule has 0 aromatic carbocycles. The molecule has 0 aliphatic heterocycles. The fraction of sp³-hybridized carbons (Fsp3) is 0.222. The lowest BCUT2D eigenvalue weighted by molar-refractivity contribution is 0.945. The third-order valence-corrected chi connectivity index (χ3v) is 1.76. The number of aromatic nitrogens is 1. The van der Waals surface area contributed by atoms with Crippen LogP contribution in [0, 0.1) is 0 Å². The molecule has 0 radical (unpaired) electrons. The van der Waals surface area contributed by atoms with Gasteiger partial charge in [-0.05, 0) is 30.0 Å². The van der Waals surface area contributed by atoms with Gasteiger partial charge in [0.1, 0.15) is 0 Å². The van der Waals surface area contributed by atoms with Gasteiger partial charge < -0.3 is 0 Å². The van der Waals surface area contributed by atoms with Crippen molar-refractivity contribution in [3.63, 3.8) is 0 Å². The lowest BCUT2D eigenvalue weighted by atomic mass is 10.2. The molecule has 0 aliphatic rings. The number of allylic oxidation sites excluding steroid dienone is 1. The van der Waals surface area contributed by atoms with Crippen molar-refractivity contribution in [2.24, 2.45) is 0 Å². The van der Waals surface area contributed by atoms with Crippen LogP contribution in [-0.2, 0) is 6.42 Å². The van der Waals surface area contributed by atoms with Crippen molar-refractivity contribution >= 4 is 15.9 Å². The molecule has 1 nitrogen and oxygen atoms in total. The van der Waals surface area contributed by atoms with E-state index >= 15 is 0 Å². The van der Waals surface area contributed by atoms with E-state index in [2.05, 4.69) is 27.0 Å². The zero-order valence-corrected chi connectivity index (χ0v) is 7.79. The topological polar surface area (TPSA) is 12.9 Å². The second-order valence-electron chi connectivity index (χ2n) is 2.22. The van der Waals surface area contributed by atoms with Crippen LogP contribution < -0.4 is 0 Å². The normalized spacial score (nSPS) is 10.6. The van der Waals surface area contributed by atoms with Gasteiger partial charge in [0.25, 0.3) is 0 Å². The smallest absolute Gasteiger partial charge is 0.0406 e. The average Bonchev–Trinajstić information content (AvgIpc) is 2.07. The van der Waals surface area contributed by atoms with Crippen molar-refractivity contribution in [1.82, 2.24) is 4.98 Å². The van der Waals surface area contributed by atoms with E-state index in [-0.39, 0.29) is 0 Å². The van der Waals surface area contributed by atoms with E-state index in [0.717, 1.165) is 18.5 Å². The summed E-state index contributed by atoms with van der Waals surface area (Å²) in [6.07, 6.45) is 5.97. The van der Waals surface area contributed by atoms with Gasteiger partial charge in [-0.2, -0.15) is 0 Å². The highest BCUT2D eigenvalue weighted by Crippen LogP contribution is 1.99. The van der Waals surface area contributed by atoms with E-state index in [0.29, 0.717) is 0 Å². The van der Waals surface area contributed by atoms with Crippen LogP contribution in [0.2, 0.25) is 0 Å². The molecule has 0 amide bonds. The van der Waals surface area contributed by atoms with Gasteiger partial charge in [-0.15, -0.1) is 0 Å². The van der Waals surface area contributed by atoms with E-state index in [9.17, 15) is 0 Å². The molecule has 0 saturated carbocycles. The average molecular weight is 212 g/mol. The first kappa shape index (κ1) is 8.47. The highest BCUT2D eigenvalue weighted by molar-refractivity contribution is 9.11. The Kier molecular flexibility index (Phi) is 3.91. The SMILES string of the molecule is BrC=CCCc1ccccn1. The highest BCUT2D eigenvalue weighted by Gasteiger charge is 1.88. The van der Waals surface area contributed by atoms with Crippen LogP contribution >= 0.6 is 15.9 Å². The number of hydrogen-bond acceptors (Lipinski definition) is 1. The summed E-state index contributed by atoms with van der Waals surface area (Å²) in [6, 6.07) is 5.99. The van der Waals surface area contributed by atoms with E-state index in [4.69, 9.17) is 0 Å². The Morgan fingerprint density at radius 2 is 2.36 bits per heavy atom. The van der Waals surface area contributed by atoms with E-state index < -0.39 is 0 Å². The van der Waals surface area contributed by atoms with Crippen LogP contribution in [0.15, 0.2) is 35.5 Å². The van der Waals surface area contributed by atoms with Crippen LogP contribution in [0.25, 0.3) is 0 Å². The molecule has 2 heteroatoms. The summed E-state index contributed by atoms with van der Waals surface area (Å²) in [5.41, 5.74) is 1.15. The Balaban J connectivity index is 2.39. The van der Waals surface area contributed by atoms with Crippen LogP contribution in [0.4, 0.5) is 0 Å². The minimum absolute atomic E-state index is 1.02. The van der Waals surface area contributed by atoms with Gasteiger partial charge in [0, 0.05) is 11.9 Å². The molecule has 0 spiro atoms. The number of aryl methyl sites for hydroxylation is 1. The number of pyridine rings is 1. The van der Waals surface area contributed by atoms with Crippen molar-refractivity contribution in [2.75, 3.05) is 0 Å². The number of halogens is 1. The van der Waals surface area contributed by atoms with Gasteiger partial charge in [-0.3, -0.25) is 4.98 Å². The van der Waals surface area contributed by atoms with Crippen LogP contribution in [-0.4, -0.2) is 4.98 Å². The number of rotatable bonds is 3. The maximum absolute atomic E-state index is 4.20. The third-order valence-electron chi connectivity index (χ3n) is 1.38. The van der Waals surface area contributed by atoms with Crippen molar-refractivity contribution < 1.29 is 0 Å². The quantitative estimate of drug-likeness (QED) is 0.750. The maximum Gasteiger partial charge on any atom is 0.0406 e. The molecule has 0 unspecified atom stereocenters. The Bertz CT molecular complexity index is 218. The monoisotopic (exact) mass is 211 g/mol. The molecule has 1 aromatic rings. The largest absolute Gasteiger partial charge is 0.261 e. The summed E-state index contributed by atoms with van der Waals surface area (Å²) in [6.45, 7) is 0. The molecule has 1 heterocycles. The van der Waals surface area contributed by atoms with Crippen LogP contribution in [0.1, 0.15) is 12.1 Å². The fourth-order valence-corrected chi connectivity index (χ4v) is 1.10. The highest BCUT2D eigenvalue weighted by atomic mass is 79.9. The molecule has 1 rings (SSSR count). The lowest BCUT2D eigenvalue weighted by Crippen LogP contribution is -1.85. The van der Waals surface area contributed by atoms with Gasteiger partial charge in [-0.1, -0.05) is 28.1 Å². The number of hydrogen-bond donors (Lipinski definition) is 0. The molecule has 0 fully saturated rings. The van der Waals surface area contributed by atoms with Crippen molar-refractivity contribution in [3.8, 4) is 0 Å².